The largest absolute Gasteiger partial charge is 0.507 e. The minimum Gasteiger partial charge on any atom is -0.507 e. The summed E-state index contributed by atoms with van der Waals surface area (Å²) >= 11 is 0. The van der Waals surface area contributed by atoms with E-state index in [9.17, 15) is 19.8 Å². The van der Waals surface area contributed by atoms with Crippen molar-refractivity contribution in [3.8, 4) is 11.5 Å². The Morgan fingerprint density at radius 1 is 0.794 bits per heavy atom. The van der Waals surface area contributed by atoms with Crippen LogP contribution >= 0.6 is 0 Å². The Hall–Kier alpha value is -3.58. The molecule has 4 rings (SSSR count). The normalized spacial score (nSPS) is 13.9. The Morgan fingerprint density at radius 2 is 1.24 bits per heavy atom. The molecule has 7 heteroatoms. The molecule has 2 aromatic carbocycles. The predicted octanol–water partition coefficient (Wildman–Crippen LogP) is 6.22. The number of carbonyl (C=O) groups is 2. The van der Waals surface area contributed by atoms with Crippen molar-refractivity contribution in [1.82, 2.24) is 0 Å². The Bertz CT molecular complexity index is 1440. The van der Waals surface area contributed by atoms with Gasteiger partial charge in [0.15, 0.2) is 11.6 Å². The van der Waals surface area contributed by atoms with Crippen molar-refractivity contribution in [1.29, 1.82) is 0 Å². The molecule has 0 radical (unpaired) electrons. The molecule has 2 heterocycles. The Labute approximate surface area is 196 Å². The highest BCUT2D eigenvalue weighted by atomic mass is 16.5. The van der Waals surface area contributed by atoms with Crippen molar-refractivity contribution >= 4 is 33.5 Å². The second-order valence-electron chi connectivity index (χ2n) is 9.64. The number of benzene rings is 2. The first kappa shape index (κ1) is 23.6. The van der Waals surface area contributed by atoms with Gasteiger partial charge in [-0.1, -0.05) is 13.8 Å². The molecule has 7 nitrogen and oxygen atoms in total. The Morgan fingerprint density at radius 3 is 1.68 bits per heavy atom. The first-order valence-electron chi connectivity index (χ1n) is 11.0. The Balaban J connectivity index is 1.73. The van der Waals surface area contributed by atoms with E-state index in [1.54, 1.807) is 19.2 Å². The van der Waals surface area contributed by atoms with E-state index in [1.807, 2.05) is 32.9 Å². The topological polar surface area (TPSA) is 110 Å². The minimum atomic E-state index is -0.861. The van der Waals surface area contributed by atoms with Gasteiger partial charge in [0.05, 0.1) is 11.1 Å². The summed E-state index contributed by atoms with van der Waals surface area (Å²) in [5.41, 5.74) is 0.0292. The smallest absolute Gasteiger partial charge is 0.163 e. The number of ether oxygens (including phenoxy) is 1. The van der Waals surface area contributed by atoms with Gasteiger partial charge >= 0.3 is 0 Å². The summed E-state index contributed by atoms with van der Waals surface area (Å²) < 4.78 is 18.0. The van der Waals surface area contributed by atoms with Crippen molar-refractivity contribution in [2.75, 3.05) is 7.11 Å². The van der Waals surface area contributed by atoms with Crippen LogP contribution in [0.1, 0.15) is 73.3 Å². The molecule has 34 heavy (non-hydrogen) atoms. The number of Topliss-reactive ketones (excluding diaryl/α,β-unsaturated/α-hetero) is 2. The summed E-state index contributed by atoms with van der Waals surface area (Å²) in [5.74, 6) is 0.509. The number of phenols is 2. The van der Waals surface area contributed by atoms with Gasteiger partial charge in [-0.3, -0.25) is 9.59 Å². The van der Waals surface area contributed by atoms with Gasteiger partial charge in [0.2, 0.25) is 0 Å². The molecular weight excluding hydrogens is 436 g/mol. The van der Waals surface area contributed by atoms with Gasteiger partial charge < -0.3 is 23.8 Å². The summed E-state index contributed by atoms with van der Waals surface area (Å²) in [6.07, 6.45) is 0.466. The summed E-state index contributed by atoms with van der Waals surface area (Å²) in [5, 5.41) is 21.7. The third-order valence-electron chi connectivity index (χ3n) is 6.45. The number of methoxy groups -OCH3 is 1. The van der Waals surface area contributed by atoms with Crippen LogP contribution in [0.15, 0.2) is 45.2 Å². The lowest BCUT2D eigenvalue weighted by molar-refractivity contribution is -0.0380. The maximum Gasteiger partial charge on any atom is 0.163 e. The van der Waals surface area contributed by atoms with E-state index in [2.05, 4.69) is 0 Å². The molecule has 0 aliphatic carbocycles. The highest BCUT2D eigenvalue weighted by Crippen LogP contribution is 2.43. The zero-order valence-corrected chi connectivity index (χ0v) is 20.1. The van der Waals surface area contributed by atoms with Crippen molar-refractivity contribution in [3.05, 3.63) is 59.0 Å². The lowest BCUT2D eigenvalue weighted by Crippen LogP contribution is -2.33. The zero-order chi connectivity index (χ0) is 25.0. The van der Waals surface area contributed by atoms with Crippen molar-refractivity contribution in [2.45, 2.75) is 52.1 Å². The van der Waals surface area contributed by atoms with Crippen molar-refractivity contribution < 1.29 is 33.4 Å². The summed E-state index contributed by atoms with van der Waals surface area (Å²) in [7, 11) is 1.59. The molecular formula is C27H28O7. The fourth-order valence-corrected chi connectivity index (χ4v) is 4.50. The molecule has 2 aromatic heterocycles. The van der Waals surface area contributed by atoms with Gasteiger partial charge in [-0.05, 0) is 51.5 Å². The monoisotopic (exact) mass is 464 g/mol. The van der Waals surface area contributed by atoms with Crippen LogP contribution in [0, 0.1) is 0 Å². The number of phenolic OH excluding ortho intramolecular Hbond substituents is 2. The molecule has 0 bridgehead atoms. The number of aromatic hydroxyl groups is 2. The third-order valence-corrected chi connectivity index (χ3v) is 6.45. The summed E-state index contributed by atoms with van der Waals surface area (Å²) in [4.78, 5) is 23.6. The van der Waals surface area contributed by atoms with E-state index in [1.165, 1.54) is 26.0 Å². The second kappa shape index (κ2) is 8.02. The van der Waals surface area contributed by atoms with Crippen LogP contribution < -0.4 is 0 Å². The van der Waals surface area contributed by atoms with Gasteiger partial charge in [-0.25, -0.2) is 0 Å². The predicted molar refractivity (Wildman–Crippen MR) is 128 cm³/mol. The molecule has 178 valence electrons. The summed E-state index contributed by atoms with van der Waals surface area (Å²) in [6.45, 7) is 8.73. The molecule has 4 aromatic rings. The molecule has 2 N–H and O–H groups in total. The molecule has 0 saturated heterocycles. The highest BCUT2D eigenvalue weighted by Gasteiger charge is 2.39. The highest BCUT2D eigenvalue weighted by molar-refractivity contribution is 6.01. The minimum absolute atomic E-state index is 0.115. The molecule has 1 atom stereocenters. The van der Waals surface area contributed by atoms with Crippen LogP contribution in [0.3, 0.4) is 0 Å². The maximum atomic E-state index is 11.8. The quantitative estimate of drug-likeness (QED) is 0.312. The SMILES string of the molecule is CO[C@@](C)(CC(C)(C)c1cc2cc(C(C)=O)c(O)cc2o1)c1cc2cc(C(C)=O)c(O)cc2o1. The van der Waals surface area contributed by atoms with Crippen molar-refractivity contribution in [3.63, 3.8) is 0 Å². The average molecular weight is 465 g/mol. The van der Waals surface area contributed by atoms with Crippen LogP contribution in [0.4, 0.5) is 0 Å². The molecule has 0 spiro atoms. The number of furan rings is 2. The van der Waals surface area contributed by atoms with Crippen LogP contribution in [-0.2, 0) is 15.8 Å². The number of hydrogen-bond acceptors (Lipinski definition) is 7. The van der Waals surface area contributed by atoms with E-state index in [-0.39, 0.29) is 34.2 Å². The number of rotatable bonds is 7. The lowest BCUT2D eigenvalue weighted by Gasteiger charge is -2.34. The van der Waals surface area contributed by atoms with E-state index in [0.29, 0.717) is 34.5 Å². The third kappa shape index (κ3) is 3.96. The Kier molecular flexibility index (Phi) is 5.56. The van der Waals surface area contributed by atoms with Gasteiger partial charge in [0.1, 0.15) is 39.8 Å². The van der Waals surface area contributed by atoms with E-state index < -0.39 is 11.0 Å². The van der Waals surface area contributed by atoms with E-state index in [4.69, 9.17) is 13.6 Å². The average Bonchev–Trinajstić information content (AvgIpc) is 3.35. The number of ketones is 2. The molecule has 0 aliphatic heterocycles. The van der Waals surface area contributed by atoms with Crippen LogP contribution in [-0.4, -0.2) is 28.9 Å². The van der Waals surface area contributed by atoms with Crippen LogP contribution in [0.5, 0.6) is 11.5 Å². The first-order chi connectivity index (χ1) is 15.8. The van der Waals surface area contributed by atoms with Crippen LogP contribution in [0.2, 0.25) is 0 Å². The van der Waals surface area contributed by atoms with Crippen LogP contribution in [0.25, 0.3) is 21.9 Å². The van der Waals surface area contributed by atoms with E-state index >= 15 is 0 Å². The zero-order valence-electron chi connectivity index (χ0n) is 20.1. The number of fused-ring (bicyclic) bond motifs is 2. The molecule has 0 amide bonds. The van der Waals surface area contributed by atoms with Gasteiger partial charge in [-0.2, -0.15) is 0 Å². The van der Waals surface area contributed by atoms with Gasteiger partial charge in [0.25, 0.3) is 0 Å². The molecule has 0 aliphatic rings. The lowest BCUT2D eigenvalue weighted by atomic mass is 9.78. The number of hydrogen-bond donors (Lipinski definition) is 2. The fraction of sp³-hybridized carbons (Fsp3) is 0.333. The second-order valence-corrected chi connectivity index (χ2v) is 9.64. The first-order valence-corrected chi connectivity index (χ1v) is 11.0. The summed E-state index contributed by atoms with van der Waals surface area (Å²) in [6, 6.07) is 9.82. The maximum absolute atomic E-state index is 11.8. The molecule has 0 unspecified atom stereocenters. The van der Waals surface area contributed by atoms with Gasteiger partial charge in [-0.15, -0.1) is 0 Å². The van der Waals surface area contributed by atoms with E-state index in [0.717, 1.165) is 5.39 Å². The van der Waals surface area contributed by atoms with Crippen molar-refractivity contribution in [2.24, 2.45) is 0 Å². The standard InChI is InChI=1S/C27H28O7/c1-14(28)18-7-16-9-24(33-22(16)11-20(18)30)26(3,4)13-27(5,32-6)25-10-17-8-19(15(2)29)21(31)12-23(17)34-25/h7-12,30-31H,13H2,1-6H3/t27-/m0/s1. The molecule has 0 saturated carbocycles. The van der Waals surface area contributed by atoms with Gasteiger partial charge in [0, 0.05) is 35.4 Å². The number of carbonyl (C=O) groups excluding carboxylic acids is 2. The fourth-order valence-electron chi connectivity index (χ4n) is 4.50. The molecule has 0 fully saturated rings.